The normalized spacial score (nSPS) is 11.9. The minimum atomic E-state index is -0.741. The minimum absolute atomic E-state index is 0.218. The number of benzene rings is 2. The molecule has 32 heavy (non-hydrogen) atoms. The molecule has 0 aliphatic heterocycles. The van der Waals surface area contributed by atoms with Gasteiger partial charge < -0.3 is 10.0 Å². The van der Waals surface area contributed by atoms with E-state index in [1.165, 1.54) is 29.2 Å². The van der Waals surface area contributed by atoms with Gasteiger partial charge in [0.2, 0.25) is 5.43 Å². The predicted molar refractivity (Wildman–Crippen MR) is 117 cm³/mol. The number of carbonyl (C=O) groups excluding carboxylic acids is 1. The molecule has 1 aromatic heterocycles. The van der Waals surface area contributed by atoms with Gasteiger partial charge >= 0.3 is 0 Å². The van der Waals surface area contributed by atoms with Crippen LogP contribution in [0.15, 0.2) is 53.5 Å². The highest BCUT2D eigenvalue weighted by Crippen LogP contribution is 2.31. The Kier molecular flexibility index (Phi) is 7.35. The molecule has 1 heterocycles. The van der Waals surface area contributed by atoms with Crippen LogP contribution in [-0.2, 0) is 0 Å². The first-order valence-electron chi connectivity index (χ1n) is 10.4. The Morgan fingerprint density at radius 2 is 1.81 bits per heavy atom. The highest BCUT2D eigenvalue weighted by Gasteiger charge is 2.24. The molecular weight excluding hydrogens is 416 g/mol. The number of hydrogen-bond donors (Lipinski definition) is 2. The average Bonchev–Trinajstić information content (AvgIpc) is 2.76. The molecule has 0 aliphatic rings. The molecule has 0 saturated heterocycles. The molecule has 8 heteroatoms. The number of amides is 1. The third-order valence-electron chi connectivity index (χ3n) is 5.39. The molecule has 1 atom stereocenters. The Balaban J connectivity index is 1.92. The first-order chi connectivity index (χ1) is 15.3. The molecule has 3 aromatic rings. The number of nitrogens with one attached hydrogen (secondary N) is 1. The van der Waals surface area contributed by atoms with E-state index in [1.54, 1.807) is 18.2 Å². The standard InChI is InChI=1S/C24H25F2N3O3/c1-3-11-29(24(32)22-23(31)21(30)14-27-28-22)12-10-20(16-4-6-17(25)7-5-16)19-9-8-18(26)13-15(19)2/h4-9,13-14,20H,3,10-12H2,1-2H3,(H,27,31)(H,28,30). The van der Waals surface area contributed by atoms with Crippen LogP contribution in [0.5, 0.6) is 5.75 Å². The van der Waals surface area contributed by atoms with Gasteiger partial charge in [0.25, 0.3) is 5.91 Å². The molecule has 1 unspecified atom stereocenters. The summed E-state index contributed by atoms with van der Waals surface area (Å²) < 4.78 is 27.2. The van der Waals surface area contributed by atoms with E-state index in [2.05, 4.69) is 10.2 Å². The summed E-state index contributed by atoms with van der Waals surface area (Å²) >= 11 is 0. The Morgan fingerprint density at radius 3 is 2.47 bits per heavy atom. The summed E-state index contributed by atoms with van der Waals surface area (Å²) in [4.78, 5) is 26.2. The topological polar surface area (TPSA) is 86.3 Å². The number of nitrogens with zero attached hydrogens (tertiary/aromatic N) is 2. The Hall–Kier alpha value is -3.55. The maximum atomic E-state index is 13.7. The number of halogens is 2. The second kappa shape index (κ2) is 10.2. The van der Waals surface area contributed by atoms with Crippen molar-refractivity contribution in [2.45, 2.75) is 32.6 Å². The van der Waals surface area contributed by atoms with Crippen molar-refractivity contribution >= 4 is 5.91 Å². The second-order valence-corrected chi connectivity index (χ2v) is 7.64. The van der Waals surface area contributed by atoms with Gasteiger partial charge in [-0.3, -0.25) is 14.7 Å². The van der Waals surface area contributed by atoms with Gasteiger partial charge in [-0.2, -0.15) is 5.10 Å². The fourth-order valence-electron chi connectivity index (χ4n) is 3.80. The monoisotopic (exact) mass is 441 g/mol. The van der Waals surface area contributed by atoms with Crippen LogP contribution in [0.3, 0.4) is 0 Å². The van der Waals surface area contributed by atoms with Crippen molar-refractivity contribution in [1.82, 2.24) is 15.1 Å². The van der Waals surface area contributed by atoms with Crippen molar-refractivity contribution < 1.29 is 18.7 Å². The SMILES string of the molecule is CCCN(CCC(c1ccc(F)cc1)c1ccc(F)cc1C)C(=O)c1[nH]ncc(=O)c1O. The third-order valence-corrected chi connectivity index (χ3v) is 5.39. The number of aromatic hydroxyl groups is 1. The summed E-state index contributed by atoms with van der Waals surface area (Å²) in [6, 6.07) is 10.6. The lowest BCUT2D eigenvalue weighted by molar-refractivity contribution is 0.0741. The van der Waals surface area contributed by atoms with Crippen LogP contribution in [-0.4, -0.2) is 39.2 Å². The summed E-state index contributed by atoms with van der Waals surface area (Å²) in [5.41, 5.74) is 1.46. The van der Waals surface area contributed by atoms with Crippen molar-refractivity contribution in [1.29, 1.82) is 0 Å². The summed E-state index contributed by atoms with van der Waals surface area (Å²) in [6.07, 6.45) is 2.03. The van der Waals surface area contributed by atoms with Crippen molar-refractivity contribution in [3.63, 3.8) is 0 Å². The predicted octanol–water partition coefficient (Wildman–Crippen LogP) is 4.14. The molecule has 168 valence electrons. The minimum Gasteiger partial charge on any atom is -0.502 e. The van der Waals surface area contributed by atoms with Crippen LogP contribution in [0, 0.1) is 18.6 Å². The number of H-pyrrole nitrogens is 1. The molecule has 0 fully saturated rings. The van der Waals surface area contributed by atoms with E-state index < -0.39 is 17.1 Å². The number of carbonyl (C=O) groups is 1. The van der Waals surface area contributed by atoms with Gasteiger partial charge in [-0.05, 0) is 60.7 Å². The number of aryl methyl sites for hydroxylation is 1. The van der Waals surface area contributed by atoms with E-state index in [0.29, 0.717) is 25.9 Å². The summed E-state index contributed by atoms with van der Waals surface area (Å²) in [5, 5.41) is 16.0. The number of aromatic nitrogens is 2. The molecule has 6 nitrogen and oxygen atoms in total. The van der Waals surface area contributed by atoms with Crippen LogP contribution in [0.1, 0.15) is 52.9 Å². The molecule has 2 aromatic carbocycles. The van der Waals surface area contributed by atoms with Gasteiger partial charge in [-0.1, -0.05) is 25.1 Å². The van der Waals surface area contributed by atoms with E-state index in [9.17, 15) is 23.5 Å². The smallest absolute Gasteiger partial charge is 0.275 e. The zero-order valence-electron chi connectivity index (χ0n) is 17.9. The zero-order valence-corrected chi connectivity index (χ0v) is 17.9. The maximum Gasteiger partial charge on any atom is 0.275 e. The first kappa shape index (κ1) is 23.1. The molecule has 0 bridgehead atoms. The van der Waals surface area contributed by atoms with Crippen LogP contribution in [0.2, 0.25) is 0 Å². The number of hydrogen-bond acceptors (Lipinski definition) is 4. The van der Waals surface area contributed by atoms with Gasteiger partial charge in [0, 0.05) is 19.0 Å². The molecule has 0 spiro atoms. The van der Waals surface area contributed by atoms with Crippen molar-refractivity contribution in [3.05, 3.63) is 92.9 Å². The van der Waals surface area contributed by atoms with E-state index in [-0.39, 0.29) is 23.2 Å². The van der Waals surface area contributed by atoms with Gasteiger partial charge in [-0.15, -0.1) is 0 Å². The third kappa shape index (κ3) is 5.19. The molecule has 3 rings (SSSR count). The van der Waals surface area contributed by atoms with Crippen LogP contribution in [0.25, 0.3) is 0 Å². The lowest BCUT2D eigenvalue weighted by atomic mass is 9.86. The van der Waals surface area contributed by atoms with Crippen molar-refractivity contribution in [2.24, 2.45) is 0 Å². The second-order valence-electron chi connectivity index (χ2n) is 7.64. The molecule has 0 radical (unpaired) electrons. The van der Waals surface area contributed by atoms with E-state index in [1.807, 2.05) is 13.8 Å². The Labute approximate surface area is 184 Å². The van der Waals surface area contributed by atoms with Crippen LogP contribution < -0.4 is 5.43 Å². The zero-order chi connectivity index (χ0) is 23.3. The number of aromatic amines is 1. The van der Waals surface area contributed by atoms with Gasteiger partial charge in [0.05, 0.1) is 6.20 Å². The van der Waals surface area contributed by atoms with E-state index in [4.69, 9.17) is 0 Å². The van der Waals surface area contributed by atoms with Crippen LogP contribution >= 0.6 is 0 Å². The molecule has 0 saturated carbocycles. The fraction of sp³-hybridized carbons (Fsp3) is 0.292. The quantitative estimate of drug-likeness (QED) is 0.550. The molecular formula is C24H25F2N3O3. The van der Waals surface area contributed by atoms with Crippen LogP contribution in [0.4, 0.5) is 8.78 Å². The molecule has 2 N–H and O–H groups in total. The van der Waals surface area contributed by atoms with Crippen molar-refractivity contribution in [3.8, 4) is 5.75 Å². The summed E-state index contributed by atoms with van der Waals surface area (Å²) in [6.45, 7) is 4.41. The van der Waals surface area contributed by atoms with Gasteiger partial charge in [0.15, 0.2) is 11.4 Å². The highest BCUT2D eigenvalue weighted by atomic mass is 19.1. The lowest BCUT2D eigenvalue weighted by Gasteiger charge is -2.26. The average molecular weight is 441 g/mol. The highest BCUT2D eigenvalue weighted by molar-refractivity contribution is 5.94. The Bertz CT molecular complexity index is 1150. The summed E-state index contributed by atoms with van der Waals surface area (Å²) in [7, 11) is 0. The first-order valence-corrected chi connectivity index (χ1v) is 10.4. The molecule has 1 amide bonds. The van der Waals surface area contributed by atoms with E-state index in [0.717, 1.165) is 22.9 Å². The molecule has 0 aliphatic carbocycles. The summed E-state index contributed by atoms with van der Waals surface area (Å²) in [5.74, 6) is -2.13. The van der Waals surface area contributed by atoms with Crippen molar-refractivity contribution in [2.75, 3.05) is 13.1 Å². The van der Waals surface area contributed by atoms with Gasteiger partial charge in [0.1, 0.15) is 11.6 Å². The maximum absolute atomic E-state index is 13.7. The van der Waals surface area contributed by atoms with Gasteiger partial charge in [-0.25, -0.2) is 8.78 Å². The fourth-order valence-corrected chi connectivity index (χ4v) is 3.80. The number of rotatable bonds is 8. The largest absolute Gasteiger partial charge is 0.502 e. The van der Waals surface area contributed by atoms with E-state index >= 15 is 0 Å². The Morgan fingerprint density at radius 1 is 1.12 bits per heavy atom. The lowest BCUT2D eigenvalue weighted by Crippen LogP contribution is -2.35.